The molecule has 0 radical (unpaired) electrons. The summed E-state index contributed by atoms with van der Waals surface area (Å²) in [5, 5.41) is 0. The first-order chi connectivity index (χ1) is 13.5. The molecule has 0 amide bonds. The maximum absolute atomic E-state index is 11.4. The van der Waals surface area contributed by atoms with Gasteiger partial charge in [0.15, 0.2) is 11.5 Å². The molecular weight excluding hydrogens is 354 g/mol. The lowest BCUT2D eigenvalue weighted by molar-refractivity contribution is -0.134. The standard InChI is InChI=1S/C23H29NO4/c1-4-14-24(15-12-20-8-6-5-7-9-20)16-13-21-10-11-22(27-18(2)25)23(17-21)28-19(3)26/h5-11,17H,4,12-16H2,1-3H3. The number of nitrogens with zero attached hydrogens (tertiary/aromatic N) is 1. The summed E-state index contributed by atoms with van der Waals surface area (Å²) in [6.07, 6.45) is 2.94. The zero-order chi connectivity index (χ0) is 20.4. The van der Waals surface area contributed by atoms with Gasteiger partial charge in [-0.25, -0.2) is 0 Å². The van der Waals surface area contributed by atoms with Crippen LogP contribution in [0, 0.1) is 0 Å². The number of benzene rings is 2. The van der Waals surface area contributed by atoms with E-state index in [0.717, 1.165) is 44.5 Å². The van der Waals surface area contributed by atoms with Crippen LogP contribution in [0.3, 0.4) is 0 Å². The van der Waals surface area contributed by atoms with Crippen LogP contribution in [0.1, 0.15) is 38.3 Å². The van der Waals surface area contributed by atoms with Crippen molar-refractivity contribution in [1.29, 1.82) is 0 Å². The minimum atomic E-state index is -0.448. The molecule has 0 aliphatic carbocycles. The molecular formula is C23H29NO4. The molecule has 150 valence electrons. The van der Waals surface area contributed by atoms with Gasteiger partial charge in [-0.2, -0.15) is 0 Å². The Morgan fingerprint density at radius 1 is 0.786 bits per heavy atom. The van der Waals surface area contributed by atoms with Gasteiger partial charge in [0.05, 0.1) is 0 Å². The van der Waals surface area contributed by atoms with E-state index in [1.54, 1.807) is 12.1 Å². The summed E-state index contributed by atoms with van der Waals surface area (Å²) in [6.45, 7) is 7.78. The molecule has 0 saturated heterocycles. The number of hydrogen-bond donors (Lipinski definition) is 0. The van der Waals surface area contributed by atoms with E-state index in [1.807, 2.05) is 12.1 Å². The summed E-state index contributed by atoms with van der Waals surface area (Å²) in [7, 11) is 0. The van der Waals surface area contributed by atoms with Gasteiger partial charge >= 0.3 is 11.9 Å². The van der Waals surface area contributed by atoms with Crippen LogP contribution >= 0.6 is 0 Å². The first-order valence-corrected chi connectivity index (χ1v) is 9.74. The van der Waals surface area contributed by atoms with Crippen LogP contribution in [-0.4, -0.2) is 36.5 Å². The Balaban J connectivity index is 2.00. The third-order valence-corrected chi connectivity index (χ3v) is 4.33. The van der Waals surface area contributed by atoms with Gasteiger partial charge in [-0.05, 0) is 49.1 Å². The first kappa shape index (κ1) is 21.6. The molecule has 0 unspecified atom stereocenters. The van der Waals surface area contributed by atoms with Crippen molar-refractivity contribution in [3.8, 4) is 11.5 Å². The quantitative estimate of drug-likeness (QED) is 0.458. The maximum Gasteiger partial charge on any atom is 0.308 e. The fraction of sp³-hybridized carbons (Fsp3) is 0.391. The van der Waals surface area contributed by atoms with E-state index in [-0.39, 0.29) is 11.5 Å². The lowest BCUT2D eigenvalue weighted by Crippen LogP contribution is -2.29. The van der Waals surface area contributed by atoms with Crippen LogP contribution in [-0.2, 0) is 22.4 Å². The minimum Gasteiger partial charge on any atom is -0.423 e. The third kappa shape index (κ3) is 7.53. The molecule has 0 bridgehead atoms. The average molecular weight is 383 g/mol. The van der Waals surface area contributed by atoms with Crippen molar-refractivity contribution in [2.75, 3.05) is 19.6 Å². The number of ether oxygens (including phenoxy) is 2. The van der Waals surface area contributed by atoms with Crippen LogP contribution in [0.4, 0.5) is 0 Å². The molecule has 2 rings (SSSR count). The molecule has 0 aromatic heterocycles. The molecule has 2 aromatic carbocycles. The Labute approximate surface area is 167 Å². The molecule has 0 spiro atoms. The smallest absolute Gasteiger partial charge is 0.308 e. The highest BCUT2D eigenvalue weighted by Gasteiger charge is 2.12. The van der Waals surface area contributed by atoms with E-state index in [4.69, 9.17) is 9.47 Å². The van der Waals surface area contributed by atoms with Crippen molar-refractivity contribution in [3.05, 3.63) is 59.7 Å². The number of esters is 2. The Morgan fingerprint density at radius 3 is 2.00 bits per heavy atom. The zero-order valence-corrected chi connectivity index (χ0v) is 16.9. The van der Waals surface area contributed by atoms with E-state index in [9.17, 15) is 9.59 Å². The van der Waals surface area contributed by atoms with Gasteiger partial charge in [0, 0.05) is 26.9 Å². The number of carbonyl (C=O) groups excluding carboxylic acids is 2. The summed E-state index contributed by atoms with van der Waals surface area (Å²) in [6, 6.07) is 15.9. The summed E-state index contributed by atoms with van der Waals surface area (Å²) in [5.41, 5.74) is 2.37. The van der Waals surface area contributed by atoms with Crippen LogP contribution in [0.2, 0.25) is 0 Å². The van der Waals surface area contributed by atoms with Crippen molar-refractivity contribution in [2.24, 2.45) is 0 Å². The second kappa shape index (κ2) is 11.2. The zero-order valence-electron chi connectivity index (χ0n) is 16.9. The second-order valence-electron chi connectivity index (χ2n) is 6.80. The van der Waals surface area contributed by atoms with E-state index < -0.39 is 11.9 Å². The fourth-order valence-electron chi connectivity index (χ4n) is 3.05. The van der Waals surface area contributed by atoms with Gasteiger partial charge < -0.3 is 14.4 Å². The lowest BCUT2D eigenvalue weighted by atomic mass is 10.1. The Hall–Kier alpha value is -2.66. The SMILES string of the molecule is CCCN(CCc1ccccc1)CCc1ccc(OC(C)=O)c(OC(C)=O)c1. The lowest BCUT2D eigenvalue weighted by Gasteiger charge is -2.22. The van der Waals surface area contributed by atoms with Gasteiger partial charge in [-0.15, -0.1) is 0 Å². The van der Waals surface area contributed by atoms with E-state index >= 15 is 0 Å². The van der Waals surface area contributed by atoms with Gasteiger partial charge in [-0.1, -0.05) is 43.3 Å². The van der Waals surface area contributed by atoms with Gasteiger partial charge in [0.25, 0.3) is 0 Å². The van der Waals surface area contributed by atoms with Crippen LogP contribution < -0.4 is 9.47 Å². The van der Waals surface area contributed by atoms with E-state index in [1.165, 1.54) is 19.4 Å². The molecule has 0 aliphatic rings. The van der Waals surface area contributed by atoms with Crippen LogP contribution in [0.25, 0.3) is 0 Å². The van der Waals surface area contributed by atoms with Gasteiger partial charge in [0.1, 0.15) is 0 Å². The first-order valence-electron chi connectivity index (χ1n) is 9.74. The van der Waals surface area contributed by atoms with Crippen molar-refractivity contribution in [3.63, 3.8) is 0 Å². The van der Waals surface area contributed by atoms with Gasteiger partial charge in [-0.3, -0.25) is 9.59 Å². The molecule has 0 atom stereocenters. The van der Waals surface area contributed by atoms with Crippen LogP contribution in [0.5, 0.6) is 11.5 Å². The summed E-state index contributed by atoms with van der Waals surface area (Å²) in [4.78, 5) is 25.0. The monoisotopic (exact) mass is 383 g/mol. The van der Waals surface area contributed by atoms with Crippen molar-refractivity contribution in [1.82, 2.24) is 4.90 Å². The van der Waals surface area contributed by atoms with E-state index in [0.29, 0.717) is 0 Å². The molecule has 5 nitrogen and oxygen atoms in total. The topological polar surface area (TPSA) is 55.8 Å². The highest BCUT2D eigenvalue weighted by molar-refractivity contribution is 5.73. The number of hydrogen-bond acceptors (Lipinski definition) is 5. The van der Waals surface area contributed by atoms with Crippen molar-refractivity contribution >= 4 is 11.9 Å². The van der Waals surface area contributed by atoms with Crippen LogP contribution in [0.15, 0.2) is 48.5 Å². The highest BCUT2D eigenvalue weighted by Crippen LogP contribution is 2.29. The third-order valence-electron chi connectivity index (χ3n) is 4.33. The molecule has 28 heavy (non-hydrogen) atoms. The minimum absolute atomic E-state index is 0.265. The maximum atomic E-state index is 11.4. The highest BCUT2D eigenvalue weighted by atomic mass is 16.6. The predicted molar refractivity (Wildman–Crippen MR) is 110 cm³/mol. The Bertz CT molecular complexity index is 773. The van der Waals surface area contributed by atoms with Crippen molar-refractivity contribution < 1.29 is 19.1 Å². The summed E-state index contributed by atoms with van der Waals surface area (Å²) >= 11 is 0. The Morgan fingerprint density at radius 2 is 1.39 bits per heavy atom. The Kier molecular flexibility index (Phi) is 8.69. The van der Waals surface area contributed by atoms with Gasteiger partial charge in [0.2, 0.25) is 0 Å². The summed E-state index contributed by atoms with van der Waals surface area (Å²) < 4.78 is 10.3. The largest absolute Gasteiger partial charge is 0.423 e. The molecule has 2 aromatic rings. The molecule has 0 aliphatic heterocycles. The summed E-state index contributed by atoms with van der Waals surface area (Å²) in [5.74, 6) is -0.343. The number of rotatable bonds is 10. The van der Waals surface area contributed by atoms with Crippen molar-refractivity contribution in [2.45, 2.75) is 40.0 Å². The van der Waals surface area contributed by atoms with E-state index in [2.05, 4.69) is 36.1 Å². The average Bonchev–Trinajstić information content (AvgIpc) is 2.66. The molecule has 0 N–H and O–H groups in total. The predicted octanol–water partition coefficient (Wildman–Crippen LogP) is 4.03. The molecule has 0 fully saturated rings. The normalized spacial score (nSPS) is 10.7. The fourth-order valence-corrected chi connectivity index (χ4v) is 3.05. The molecule has 0 saturated carbocycles. The molecule has 0 heterocycles. The second-order valence-corrected chi connectivity index (χ2v) is 6.80. The molecule has 5 heteroatoms. The number of carbonyl (C=O) groups is 2.